The van der Waals surface area contributed by atoms with E-state index in [9.17, 15) is 0 Å². The van der Waals surface area contributed by atoms with Crippen LogP contribution < -0.4 is 0 Å². The van der Waals surface area contributed by atoms with Crippen molar-refractivity contribution in [1.82, 2.24) is 19.6 Å². The second kappa shape index (κ2) is 50.7. The summed E-state index contributed by atoms with van der Waals surface area (Å²) in [5.74, 6) is 0. The van der Waals surface area contributed by atoms with Crippen molar-refractivity contribution in [3.8, 4) is 0 Å². The maximum absolute atomic E-state index is 4.98. The van der Waals surface area contributed by atoms with E-state index in [0.29, 0.717) is 17.3 Å². The van der Waals surface area contributed by atoms with E-state index < -0.39 is 0 Å². The van der Waals surface area contributed by atoms with Crippen LogP contribution in [0.1, 0.15) is 158 Å². The van der Waals surface area contributed by atoms with E-state index in [1.807, 2.05) is 0 Å². The molecule has 0 radical (unpaired) electrons. The molecule has 0 rings (SSSR count). The zero-order valence-electron chi connectivity index (χ0n) is 33.4. The largest absolute Gasteiger partial charge is 2.00 e. The summed E-state index contributed by atoms with van der Waals surface area (Å²) in [7, 11) is 0. The molecule has 0 fully saturated rings. The van der Waals surface area contributed by atoms with Crippen LogP contribution in [0.2, 0.25) is 0 Å². The first-order valence-corrected chi connectivity index (χ1v) is 22.0. The van der Waals surface area contributed by atoms with Crippen LogP contribution >= 0.6 is 48.9 Å². The van der Waals surface area contributed by atoms with Crippen molar-refractivity contribution in [3.63, 3.8) is 0 Å². The molecule has 0 atom stereocenters. The minimum absolute atomic E-state index is 0. The van der Waals surface area contributed by atoms with Gasteiger partial charge in [-0.25, -0.2) is 0 Å². The van der Waals surface area contributed by atoms with Gasteiger partial charge in [-0.3, -0.25) is 0 Å². The smallest absolute Gasteiger partial charge is 0.411 e. The van der Waals surface area contributed by atoms with Crippen LogP contribution in [0, 0.1) is 0 Å². The van der Waals surface area contributed by atoms with E-state index in [1.54, 1.807) is 0 Å². The van der Waals surface area contributed by atoms with Gasteiger partial charge in [-0.05, 0) is 51.4 Å². The van der Waals surface area contributed by atoms with Crippen molar-refractivity contribution >= 4 is 117 Å². The van der Waals surface area contributed by atoms with Crippen molar-refractivity contribution in [2.24, 2.45) is 0 Å². The molecule has 0 aromatic heterocycles. The van der Waals surface area contributed by atoms with Crippen LogP contribution in [0.25, 0.3) is 0 Å². The van der Waals surface area contributed by atoms with Crippen molar-refractivity contribution in [1.29, 1.82) is 0 Å². The molecule has 0 spiro atoms. The van der Waals surface area contributed by atoms with Crippen molar-refractivity contribution in [2.45, 2.75) is 158 Å². The summed E-state index contributed by atoms with van der Waals surface area (Å²) < 4.78 is 2.54. The van der Waals surface area contributed by atoms with E-state index in [4.69, 9.17) is 99.4 Å². The minimum atomic E-state index is 0. The Balaban J connectivity index is -0.000000127. The maximum atomic E-state index is 4.98. The Morgan fingerprint density at radius 2 is 0.400 bits per heavy atom. The molecule has 0 saturated heterocycles. The number of thiocarbonyl (C=S) groups is 4. The van der Waals surface area contributed by atoms with Crippen LogP contribution in [0.3, 0.4) is 0 Å². The van der Waals surface area contributed by atoms with E-state index >= 15 is 0 Å². The summed E-state index contributed by atoms with van der Waals surface area (Å²) in [5.41, 5.74) is 0. The molecule has 0 unspecified atom stereocenters. The Morgan fingerprint density at radius 3 is 0.460 bits per heavy atom. The van der Waals surface area contributed by atoms with Gasteiger partial charge < -0.3 is 119 Å². The summed E-state index contributed by atoms with van der Waals surface area (Å²) in [4.78, 5) is 8.55. The van der Waals surface area contributed by atoms with E-state index in [2.05, 4.69) is 75.0 Å². The first kappa shape index (κ1) is 63.6. The Bertz CT molecular complexity index is 603. The Kier molecular flexibility index (Phi) is 64.5. The Hall–Kier alpha value is 1.69. The Morgan fingerprint density at radius 1 is 0.300 bits per heavy atom. The van der Waals surface area contributed by atoms with Gasteiger partial charge in [0.05, 0.1) is 0 Å². The fourth-order valence-electron chi connectivity index (χ4n) is 3.97. The second-order valence-corrected chi connectivity index (χ2v) is 16.0. The molecule has 50 heavy (non-hydrogen) atoms. The molecule has 0 aliphatic carbocycles. The number of unbranched alkanes of at least 4 members (excludes halogenated alkanes) is 8. The van der Waals surface area contributed by atoms with Crippen molar-refractivity contribution < 1.29 is 39.0 Å². The van der Waals surface area contributed by atoms with Gasteiger partial charge in [0.15, 0.2) is 0 Å². The van der Waals surface area contributed by atoms with Gasteiger partial charge >= 0.3 is 39.0 Å². The normalized spacial score (nSPS) is 9.44. The van der Waals surface area contributed by atoms with Crippen LogP contribution in [-0.4, -0.2) is 89.2 Å². The molecule has 0 bridgehead atoms. The summed E-state index contributed by atoms with van der Waals surface area (Å²) in [5, 5.41) is 0. The minimum Gasteiger partial charge on any atom is -0.411 e. The molecule has 0 aliphatic rings. The predicted molar refractivity (Wildman–Crippen MR) is 245 cm³/mol. The fraction of sp³-hybridized carbons (Fsp3) is 0.889. The van der Waals surface area contributed by atoms with Gasteiger partial charge in [0.1, 0.15) is 0 Å². The molecule has 0 saturated carbocycles. The number of hydrogen-bond acceptors (Lipinski definition) is 8. The third kappa shape index (κ3) is 47.7. The monoisotopic (exact) mass is 944 g/mol. The number of nitrogens with zero attached hydrogens (tertiary/aromatic N) is 4. The van der Waals surface area contributed by atoms with Gasteiger partial charge in [0.2, 0.25) is 0 Å². The van der Waals surface area contributed by atoms with Gasteiger partial charge in [-0.2, -0.15) is 0 Å². The molecular formula is C36H72N4S8Zn2. The van der Waals surface area contributed by atoms with Gasteiger partial charge in [-0.15, -0.1) is 0 Å². The van der Waals surface area contributed by atoms with E-state index in [-0.39, 0.29) is 39.0 Å². The van der Waals surface area contributed by atoms with Crippen LogP contribution in [0.4, 0.5) is 0 Å². The summed E-state index contributed by atoms with van der Waals surface area (Å²) >= 11 is 39.9. The average molecular weight is 948 g/mol. The number of rotatable bonds is 24. The first-order chi connectivity index (χ1) is 22.9. The van der Waals surface area contributed by atoms with E-state index in [0.717, 1.165) is 52.4 Å². The summed E-state index contributed by atoms with van der Waals surface area (Å²) in [6.45, 7) is 25.8. The van der Waals surface area contributed by atoms with E-state index in [1.165, 1.54) is 103 Å². The van der Waals surface area contributed by atoms with Crippen molar-refractivity contribution in [3.05, 3.63) is 0 Å². The summed E-state index contributed by atoms with van der Waals surface area (Å²) in [6.07, 6.45) is 19.2. The van der Waals surface area contributed by atoms with Crippen LogP contribution in [0.5, 0.6) is 0 Å². The molecular weight excluding hydrogens is 876 g/mol. The standard InChI is InChI=1S/4C9H19NS2.2Zn/c4*1-3-5-7-10(9(11)12)8-6-4-2;;/h4*3-8H2,1-2H3,(H,11,12);;/q;;;;2*+2/p-4. The molecule has 0 amide bonds. The topological polar surface area (TPSA) is 13.0 Å². The molecule has 0 aromatic carbocycles. The van der Waals surface area contributed by atoms with Crippen LogP contribution in [-0.2, 0) is 89.5 Å². The molecule has 4 nitrogen and oxygen atoms in total. The second-order valence-electron chi connectivity index (χ2n) is 11.8. The maximum Gasteiger partial charge on any atom is 2.00 e. The van der Waals surface area contributed by atoms with Gasteiger partial charge in [-0.1, -0.05) is 124 Å². The SMILES string of the molecule is CCCCN(CCCC)C(=S)[S-].CCCCN(CCCC)C(=S)[S-].CCCCN(CCCC)C(=S)[S-].CCCCN(CCCC)C(=S)[S-].[Zn+2].[Zn+2]. The van der Waals surface area contributed by atoms with Gasteiger partial charge in [0, 0.05) is 52.4 Å². The number of hydrogen-bond donors (Lipinski definition) is 0. The summed E-state index contributed by atoms with van der Waals surface area (Å²) in [6, 6.07) is 0. The van der Waals surface area contributed by atoms with Crippen LogP contribution in [0.15, 0.2) is 0 Å². The molecule has 0 heterocycles. The zero-order chi connectivity index (χ0) is 37.6. The predicted octanol–water partition coefficient (Wildman–Crippen LogP) is 10.9. The third-order valence-corrected chi connectivity index (χ3v) is 9.35. The quantitative estimate of drug-likeness (QED) is 0.0520. The molecule has 14 heteroatoms. The zero-order valence-corrected chi connectivity index (χ0v) is 45.9. The van der Waals surface area contributed by atoms with Crippen molar-refractivity contribution in [2.75, 3.05) is 52.4 Å². The third-order valence-electron chi connectivity index (χ3n) is 7.29. The fourth-order valence-corrected chi connectivity index (χ4v) is 5.43. The Labute approximate surface area is 381 Å². The molecule has 288 valence electrons. The molecule has 0 N–H and O–H groups in total. The molecule has 0 aliphatic heterocycles. The molecule has 0 aromatic rings. The first-order valence-electron chi connectivity index (χ1n) is 18.7. The van der Waals surface area contributed by atoms with Gasteiger partial charge in [0.25, 0.3) is 0 Å². The average Bonchev–Trinajstić information content (AvgIpc) is 3.05.